The first-order valence-electron chi connectivity index (χ1n) is 4.70. The molecule has 0 amide bonds. The van der Waals surface area contributed by atoms with E-state index < -0.39 is 11.9 Å². The Morgan fingerprint density at radius 2 is 1.36 bits per heavy atom. The number of hydroxylamine groups is 2. The van der Waals surface area contributed by atoms with Crippen LogP contribution in [-0.2, 0) is 19.3 Å². The average molecular weight is 200 g/mol. The Kier molecular flexibility index (Phi) is 2.64. The van der Waals surface area contributed by atoms with E-state index in [1.807, 2.05) is 0 Å². The van der Waals surface area contributed by atoms with Crippen LogP contribution in [0.2, 0.25) is 0 Å². The van der Waals surface area contributed by atoms with Crippen LogP contribution in [0.25, 0.3) is 0 Å². The number of carbonyl (C=O) groups is 2. The highest BCUT2D eigenvalue weighted by molar-refractivity contribution is 6.29. The zero-order valence-corrected chi connectivity index (χ0v) is 7.62. The summed E-state index contributed by atoms with van der Waals surface area (Å²) in [4.78, 5) is 30.8. The van der Waals surface area contributed by atoms with Gasteiger partial charge >= 0.3 is 11.9 Å². The maximum absolute atomic E-state index is 10.8. The second-order valence-corrected chi connectivity index (χ2v) is 3.51. The van der Waals surface area contributed by atoms with Gasteiger partial charge in [-0.25, -0.2) is 9.59 Å². The fourth-order valence-electron chi connectivity index (χ4n) is 1.75. The molecule has 2 rings (SSSR count). The first-order valence-corrected chi connectivity index (χ1v) is 4.70. The lowest BCUT2D eigenvalue weighted by molar-refractivity contribution is -0.185. The van der Waals surface area contributed by atoms with Crippen LogP contribution in [-0.4, -0.2) is 24.0 Å². The number of carbonyl (C=O) groups excluding carboxylic acids is 2. The van der Waals surface area contributed by atoms with Crippen LogP contribution in [0.5, 0.6) is 0 Å². The third kappa shape index (κ3) is 1.85. The second-order valence-electron chi connectivity index (χ2n) is 3.51. The van der Waals surface area contributed by atoms with Gasteiger partial charge in [-0.05, 0) is 12.8 Å². The maximum atomic E-state index is 10.8. The number of fused-ring (bicyclic) bond motifs is 1. The number of hydrogen-bond donors (Lipinski definition) is 2. The molecule has 14 heavy (non-hydrogen) atoms. The molecule has 6 heteroatoms. The Hall–Kier alpha value is -1.14. The van der Waals surface area contributed by atoms with Crippen molar-refractivity contribution in [3.05, 3.63) is 0 Å². The van der Waals surface area contributed by atoms with Crippen molar-refractivity contribution < 1.29 is 19.3 Å². The van der Waals surface area contributed by atoms with Crippen molar-refractivity contribution in [2.45, 2.75) is 37.8 Å². The molecule has 0 unspecified atom stereocenters. The summed E-state index contributed by atoms with van der Waals surface area (Å²) in [6.07, 6.45) is 3.98. The van der Waals surface area contributed by atoms with Crippen LogP contribution in [0.3, 0.4) is 0 Å². The van der Waals surface area contributed by atoms with Crippen molar-refractivity contribution in [2.75, 3.05) is 0 Å². The Morgan fingerprint density at radius 3 is 1.79 bits per heavy atom. The van der Waals surface area contributed by atoms with Crippen molar-refractivity contribution in [3.63, 3.8) is 0 Å². The van der Waals surface area contributed by atoms with Gasteiger partial charge in [0.05, 0.1) is 12.1 Å². The van der Waals surface area contributed by atoms with Gasteiger partial charge in [0.15, 0.2) is 0 Å². The molecule has 78 valence electrons. The first kappa shape index (κ1) is 9.42. The number of hydrogen-bond acceptors (Lipinski definition) is 6. The van der Waals surface area contributed by atoms with Crippen LogP contribution in [0.1, 0.15) is 25.7 Å². The second kappa shape index (κ2) is 3.93. The highest BCUT2D eigenvalue weighted by Gasteiger charge is 2.32. The van der Waals surface area contributed by atoms with Gasteiger partial charge in [0.2, 0.25) is 0 Å². The van der Waals surface area contributed by atoms with Crippen molar-refractivity contribution in [3.8, 4) is 0 Å². The van der Waals surface area contributed by atoms with E-state index in [1.165, 1.54) is 0 Å². The average Bonchev–Trinajstić information content (AvgIpc) is 2.21. The lowest BCUT2D eigenvalue weighted by Crippen LogP contribution is -2.54. The summed E-state index contributed by atoms with van der Waals surface area (Å²) in [6, 6.07) is 0.0570. The fraction of sp³-hybridized carbons (Fsp3) is 0.750. The summed E-state index contributed by atoms with van der Waals surface area (Å²) in [6.45, 7) is 0. The molecule has 0 spiro atoms. The summed E-state index contributed by atoms with van der Waals surface area (Å²) < 4.78 is 0. The molecular weight excluding hydrogens is 188 g/mol. The summed E-state index contributed by atoms with van der Waals surface area (Å²) >= 11 is 0. The third-order valence-corrected chi connectivity index (χ3v) is 2.54. The molecule has 6 nitrogen and oxygen atoms in total. The SMILES string of the molecule is O=C1ON[C@H]2CCCC[C@@H]2NOC1=O. The summed E-state index contributed by atoms with van der Waals surface area (Å²) in [7, 11) is 0. The molecule has 1 aliphatic heterocycles. The van der Waals surface area contributed by atoms with E-state index in [9.17, 15) is 9.59 Å². The standard InChI is InChI=1S/C8H12N2O4/c11-7-8(12)14-10-6-4-2-1-3-5(6)9-13-7/h5-6,9-10H,1-4H2/t5-,6-/m0/s1. The quantitative estimate of drug-likeness (QED) is 0.509. The summed E-state index contributed by atoms with van der Waals surface area (Å²) in [5, 5.41) is 0. The fourth-order valence-corrected chi connectivity index (χ4v) is 1.75. The predicted octanol–water partition coefficient (Wildman–Crippen LogP) is -0.593. The van der Waals surface area contributed by atoms with Crippen molar-refractivity contribution >= 4 is 11.9 Å². The molecule has 1 heterocycles. The maximum Gasteiger partial charge on any atom is 0.437 e. The topological polar surface area (TPSA) is 76.7 Å². The summed E-state index contributed by atoms with van der Waals surface area (Å²) in [5.74, 6) is -2.02. The lowest BCUT2D eigenvalue weighted by atomic mass is 9.91. The lowest BCUT2D eigenvalue weighted by Gasteiger charge is -2.32. The zero-order valence-electron chi connectivity index (χ0n) is 7.62. The van der Waals surface area contributed by atoms with Gasteiger partial charge in [-0.15, -0.1) is 11.0 Å². The molecule has 0 aromatic heterocycles. The normalized spacial score (nSPS) is 33.4. The van der Waals surface area contributed by atoms with Gasteiger partial charge in [-0.2, -0.15) is 0 Å². The first-order chi connectivity index (χ1) is 6.77. The molecule has 0 aromatic rings. The molecule has 0 bridgehead atoms. The van der Waals surface area contributed by atoms with Gasteiger partial charge in [-0.1, -0.05) is 12.8 Å². The van der Waals surface area contributed by atoms with Gasteiger partial charge in [0, 0.05) is 0 Å². The van der Waals surface area contributed by atoms with Gasteiger partial charge < -0.3 is 9.68 Å². The van der Waals surface area contributed by atoms with Crippen LogP contribution < -0.4 is 11.0 Å². The van der Waals surface area contributed by atoms with E-state index in [-0.39, 0.29) is 12.1 Å². The zero-order chi connectivity index (χ0) is 9.97. The molecule has 0 radical (unpaired) electrons. The van der Waals surface area contributed by atoms with E-state index in [2.05, 4.69) is 20.6 Å². The molecule has 2 atom stereocenters. The van der Waals surface area contributed by atoms with Gasteiger partial charge in [0.1, 0.15) is 0 Å². The Bertz CT molecular complexity index is 230. The monoisotopic (exact) mass is 200 g/mol. The largest absolute Gasteiger partial charge is 0.437 e. The molecular formula is C8H12N2O4. The molecule has 2 aliphatic rings. The third-order valence-electron chi connectivity index (χ3n) is 2.54. The van der Waals surface area contributed by atoms with Crippen LogP contribution in [0.4, 0.5) is 0 Å². The molecule has 1 aliphatic carbocycles. The number of nitrogens with one attached hydrogen (secondary N) is 2. The molecule has 2 N–H and O–H groups in total. The van der Waals surface area contributed by atoms with Crippen molar-refractivity contribution in [2.24, 2.45) is 0 Å². The van der Waals surface area contributed by atoms with Crippen molar-refractivity contribution in [1.82, 2.24) is 11.0 Å². The highest BCUT2D eigenvalue weighted by atomic mass is 16.7. The highest BCUT2D eigenvalue weighted by Crippen LogP contribution is 2.19. The molecule has 1 saturated carbocycles. The Morgan fingerprint density at radius 1 is 0.929 bits per heavy atom. The molecule has 0 aromatic carbocycles. The Balaban J connectivity index is 2.00. The minimum Gasteiger partial charge on any atom is -0.361 e. The van der Waals surface area contributed by atoms with E-state index in [1.54, 1.807) is 0 Å². The van der Waals surface area contributed by atoms with E-state index in [0.717, 1.165) is 25.7 Å². The summed E-state index contributed by atoms with van der Waals surface area (Å²) in [5.41, 5.74) is 5.18. The van der Waals surface area contributed by atoms with Crippen LogP contribution in [0.15, 0.2) is 0 Å². The van der Waals surface area contributed by atoms with E-state index in [0.29, 0.717) is 0 Å². The van der Waals surface area contributed by atoms with Crippen LogP contribution >= 0.6 is 0 Å². The minimum absolute atomic E-state index is 0.0285. The predicted molar refractivity (Wildman–Crippen MR) is 44.5 cm³/mol. The van der Waals surface area contributed by atoms with Crippen molar-refractivity contribution in [1.29, 1.82) is 0 Å². The van der Waals surface area contributed by atoms with E-state index >= 15 is 0 Å². The molecule has 1 saturated heterocycles. The smallest absolute Gasteiger partial charge is 0.361 e. The minimum atomic E-state index is -1.01. The Labute approximate surface area is 80.8 Å². The van der Waals surface area contributed by atoms with Crippen LogP contribution in [0, 0.1) is 0 Å². The molecule has 2 fully saturated rings. The van der Waals surface area contributed by atoms with Gasteiger partial charge in [0.25, 0.3) is 0 Å². The van der Waals surface area contributed by atoms with E-state index in [4.69, 9.17) is 0 Å². The number of rotatable bonds is 0. The van der Waals surface area contributed by atoms with Gasteiger partial charge in [-0.3, -0.25) is 0 Å².